The number of carbonyl (C=O) groups excluding carboxylic acids is 1. The Balaban J connectivity index is 1.74. The number of anilines is 1. The van der Waals surface area contributed by atoms with Gasteiger partial charge in [-0.05, 0) is 41.8 Å². The number of hydrogen-bond acceptors (Lipinski definition) is 7. The van der Waals surface area contributed by atoms with Crippen molar-refractivity contribution in [2.24, 2.45) is 0 Å². The maximum absolute atomic E-state index is 13.1. The lowest BCUT2D eigenvalue weighted by Crippen LogP contribution is -2.14. The van der Waals surface area contributed by atoms with E-state index in [0.717, 1.165) is 18.2 Å². The molecule has 0 aliphatic heterocycles. The number of non-ortho nitro benzene ring substituents is 1. The Morgan fingerprint density at radius 1 is 0.833 bits per heavy atom. The molecule has 4 aromatic carbocycles. The molecule has 0 saturated carbocycles. The lowest BCUT2D eigenvalue weighted by molar-refractivity contribution is -0.384. The number of phenols is 1. The average Bonchev–Trinajstić information content (AvgIpc) is 2.85. The van der Waals surface area contributed by atoms with Crippen molar-refractivity contribution in [3.8, 4) is 5.75 Å². The predicted octanol–water partition coefficient (Wildman–Crippen LogP) is 5.25. The van der Waals surface area contributed by atoms with Crippen LogP contribution in [-0.2, 0) is 0 Å². The highest BCUT2D eigenvalue weighted by Gasteiger charge is 2.20. The average molecular weight is 504 g/mol. The predicted molar refractivity (Wildman–Crippen MR) is 131 cm³/mol. The molecule has 4 N–H and O–H groups in total. The quantitative estimate of drug-likeness (QED) is 0.194. The fourth-order valence-electron chi connectivity index (χ4n) is 3.49. The van der Waals surface area contributed by atoms with Crippen LogP contribution in [0.3, 0.4) is 0 Å². The standard InChI is InChI=1S/C25H16N2O8S/c28-22-19-4-2-1-3-18(19)21(36-17-7-5-16(6-8-17)27(34)35)12-20(22)23(29)26-15-10-13(24(30)31)9-14(11-15)25(32)33/h1-12,28H,(H,26,29)(H,30,31)(H,32,33). The van der Waals surface area contributed by atoms with Crippen molar-refractivity contribution in [1.29, 1.82) is 0 Å². The Kier molecular flexibility index (Phi) is 6.57. The molecule has 11 heteroatoms. The molecule has 0 spiro atoms. The summed E-state index contributed by atoms with van der Waals surface area (Å²) >= 11 is 1.23. The number of fused-ring (bicyclic) bond motifs is 1. The number of hydrogen-bond donors (Lipinski definition) is 4. The number of benzene rings is 4. The van der Waals surface area contributed by atoms with Gasteiger partial charge >= 0.3 is 11.9 Å². The summed E-state index contributed by atoms with van der Waals surface area (Å²) in [7, 11) is 0. The summed E-state index contributed by atoms with van der Waals surface area (Å²) in [4.78, 5) is 47.5. The van der Waals surface area contributed by atoms with Crippen LogP contribution < -0.4 is 5.32 Å². The van der Waals surface area contributed by atoms with Crippen LogP contribution in [0.15, 0.2) is 82.6 Å². The van der Waals surface area contributed by atoms with Gasteiger partial charge in [-0.2, -0.15) is 0 Å². The third kappa shape index (κ3) is 4.95. The molecule has 0 bridgehead atoms. The highest BCUT2D eigenvalue weighted by Crippen LogP contribution is 2.40. The first-order valence-electron chi connectivity index (χ1n) is 10.2. The van der Waals surface area contributed by atoms with Crippen molar-refractivity contribution in [1.82, 2.24) is 0 Å². The zero-order valence-corrected chi connectivity index (χ0v) is 19.0. The van der Waals surface area contributed by atoms with Crippen LogP contribution in [0.25, 0.3) is 10.8 Å². The summed E-state index contributed by atoms with van der Waals surface area (Å²) in [6.45, 7) is 0. The van der Waals surface area contributed by atoms with E-state index in [2.05, 4.69) is 5.32 Å². The first-order chi connectivity index (χ1) is 17.1. The van der Waals surface area contributed by atoms with Crippen molar-refractivity contribution >= 4 is 51.8 Å². The van der Waals surface area contributed by atoms with Crippen LogP contribution in [0.2, 0.25) is 0 Å². The number of nitro groups is 1. The number of carboxylic acids is 2. The monoisotopic (exact) mass is 504 g/mol. The van der Waals surface area contributed by atoms with Crippen LogP contribution in [0.5, 0.6) is 5.75 Å². The van der Waals surface area contributed by atoms with E-state index >= 15 is 0 Å². The Morgan fingerprint density at radius 3 is 1.97 bits per heavy atom. The summed E-state index contributed by atoms with van der Waals surface area (Å²) in [5.74, 6) is -3.85. The van der Waals surface area contributed by atoms with E-state index in [0.29, 0.717) is 20.6 Å². The van der Waals surface area contributed by atoms with E-state index in [4.69, 9.17) is 0 Å². The molecule has 0 saturated heterocycles. The number of aromatic carboxylic acids is 2. The number of nitro benzene ring substituents is 1. The summed E-state index contributed by atoms with van der Waals surface area (Å²) in [6.07, 6.45) is 0. The first kappa shape index (κ1) is 24.2. The number of nitrogens with zero attached hydrogens (tertiary/aromatic N) is 1. The third-order valence-electron chi connectivity index (χ3n) is 5.18. The fraction of sp³-hybridized carbons (Fsp3) is 0. The lowest BCUT2D eigenvalue weighted by atomic mass is 10.0. The van der Waals surface area contributed by atoms with Gasteiger partial charge in [0.2, 0.25) is 0 Å². The SMILES string of the molecule is O=C(O)c1cc(NC(=O)c2cc(Sc3ccc([N+](=O)[O-])cc3)c3ccccc3c2O)cc(C(=O)O)c1. The van der Waals surface area contributed by atoms with Crippen LogP contribution in [-0.4, -0.2) is 38.1 Å². The summed E-state index contributed by atoms with van der Waals surface area (Å²) < 4.78 is 0. The molecule has 0 fully saturated rings. The topological polar surface area (TPSA) is 167 Å². The van der Waals surface area contributed by atoms with Gasteiger partial charge in [0.1, 0.15) is 5.75 Å². The van der Waals surface area contributed by atoms with E-state index in [9.17, 15) is 39.8 Å². The van der Waals surface area contributed by atoms with E-state index in [-0.39, 0.29) is 33.8 Å². The molecule has 36 heavy (non-hydrogen) atoms. The van der Waals surface area contributed by atoms with Gasteiger partial charge in [0.15, 0.2) is 0 Å². The number of carbonyl (C=O) groups is 3. The number of amides is 1. The highest BCUT2D eigenvalue weighted by molar-refractivity contribution is 7.99. The van der Waals surface area contributed by atoms with Gasteiger partial charge in [0.05, 0.1) is 21.6 Å². The minimum absolute atomic E-state index is 0.0701. The smallest absolute Gasteiger partial charge is 0.335 e. The summed E-state index contributed by atoms with van der Waals surface area (Å²) in [6, 6.07) is 17.3. The first-order valence-corrected chi connectivity index (χ1v) is 11.1. The molecule has 0 aromatic heterocycles. The van der Waals surface area contributed by atoms with Crippen molar-refractivity contribution < 1.29 is 34.6 Å². The van der Waals surface area contributed by atoms with Gasteiger partial charge < -0.3 is 20.6 Å². The van der Waals surface area contributed by atoms with Crippen LogP contribution in [0.1, 0.15) is 31.1 Å². The highest BCUT2D eigenvalue weighted by atomic mass is 32.2. The van der Waals surface area contributed by atoms with Gasteiger partial charge in [0.25, 0.3) is 11.6 Å². The van der Waals surface area contributed by atoms with E-state index in [1.54, 1.807) is 36.4 Å². The Morgan fingerprint density at radius 2 is 1.42 bits per heavy atom. The molecule has 0 heterocycles. The molecule has 0 aliphatic carbocycles. The van der Waals surface area contributed by atoms with Crippen molar-refractivity contribution in [2.75, 3.05) is 5.32 Å². The lowest BCUT2D eigenvalue weighted by Gasteiger charge is -2.14. The molecule has 0 atom stereocenters. The summed E-state index contributed by atoms with van der Waals surface area (Å²) in [5.41, 5.74) is -0.936. The van der Waals surface area contributed by atoms with Crippen LogP contribution in [0, 0.1) is 10.1 Å². The Labute approximate surface area is 207 Å². The zero-order valence-electron chi connectivity index (χ0n) is 18.2. The Bertz CT molecular complexity index is 1520. The van der Waals surface area contributed by atoms with Gasteiger partial charge in [-0.3, -0.25) is 14.9 Å². The van der Waals surface area contributed by atoms with Gasteiger partial charge in [-0.15, -0.1) is 0 Å². The molecule has 4 aromatic rings. The fourth-order valence-corrected chi connectivity index (χ4v) is 4.48. The molecule has 0 unspecified atom stereocenters. The zero-order chi connectivity index (χ0) is 26.0. The normalized spacial score (nSPS) is 10.7. The second-order valence-corrected chi connectivity index (χ2v) is 8.65. The van der Waals surface area contributed by atoms with Gasteiger partial charge in [0, 0.05) is 33.0 Å². The second-order valence-electron chi connectivity index (χ2n) is 7.53. The number of phenolic OH excluding ortho intramolecular Hbond substituents is 1. The minimum atomic E-state index is -1.37. The molecular formula is C25H16N2O8S. The molecular weight excluding hydrogens is 488 g/mol. The maximum atomic E-state index is 13.1. The number of nitrogens with one attached hydrogen (secondary N) is 1. The summed E-state index contributed by atoms with van der Waals surface area (Å²) in [5, 5.41) is 43.8. The molecule has 4 rings (SSSR count). The molecule has 10 nitrogen and oxygen atoms in total. The number of carboxylic acid groups (broad SMARTS) is 2. The van der Waals surface area contributed by atoms with E-state index < -0.39 is 22.8 Å². The maximum Gasteiger partial charge on any atom is 0.335 e. The molecule has 0 aliphatic rings. The van der Waals surface area contributed by atoms with Crippen molar-refractivity contribution in [3.05, 3.63) is 99.6 Å². The third-order valence-corrected chi connectivity index (χ3v) is 6.25. The van der Waals surface area contributed by atoms with Crippen molar-refractivity contribution in [2.45, 2.75) is 9.79 Å². The minimum Gasteiger partial charge on any atom is -0.506 e. The molecule has 0 radical (unpaired) electrons. The van der Waals surface area contributed by atoms with Crippen LogP contribution in [0.4, 0.5) is 11.4 Å². The van der Waals surface area contributed by atoms with Crippen LogP contribution >= 0.6 is 11.8 Å². The number of aromatic hydroxyl groups is 1. The second kappa shape index (κ2) is 9.76. The number of rotatable bonds is 7. The van der Waals surface area contributed by atoms with Gasteiger partial charge in [-0.25, -0.2) is 9.59 Å². The Hall–Kier alpha value is -4.90. The largest absolute Gasteiger partial charge is 0.506 e. The van der Waals surface area contributed by atoms with E-state index in [1.807, 2.05) is 0 Å². The molecule has 1 amide bonds. The van der Waals surface area contributed by atoms with Crippen molar-refractivity contribution in [3.63, 3.8) is 0 Å². The van der Waals surface area contributed by atoms with Gasteiger partial charge in [-0.1, -0.05) is 36.0 Å². The molecule has 180 valence electrons. The van der Waals surface area contributed by atoms with E-state index in [1.165, 1.54) is 30.0 Å².